The largest absolute Gasteiger partial charge is 0.292 e. The van der Waals surface area contributed by atoms with Crippen molar-refractivity contribution in [2.45, 2.75) is 18.9 Å². The average molecular weight is 167 g/mol. The molecule has 1 aliphatic rings. The molecule has 1 rings (SSSR count). The topological polar surface area (TPSA) is 27.3 Å². The van der Waals surface area contributed by atoms with Crippen molar-refractivity contribution in [2.24, 2.45) is 0 Å². The highest BCUT2D eigenvalue weighted by Crippen LogP contribution is 2.08. The fraction of sp³-hybridized carbons (Fsp3) is 0.778. The van der Waals surface area contributed by atoms with Gasteiger partial charge in [-0.25, -0.2) is 0 Å². The summed E-state index contributed by atoms with van der Waals surface area (Å²) in [6, 6.07) is 0.615. The van der Waals surface area contributed by atoms with Gasteiger partial charge in [-0.3, -0.25) is 15.8 Å². The molecule has 0 bridgehead atoms. The molecule has 0 radical (unpaired) electrons. The van der Waals surface area contributed by atoms with Gasteiger partial charge in [0.1, 0.15) is 0 Å². The monoisotopic (exact) mass is 167 g/mol. The molecule has 0 atom stereocenters. The van der Waals surface area contributed by atoms with Crippen LogP contribution in [0.15, 0.2) is 0 Å². The number of piperidine rings is 1. The highest BCUT2D eigenvalue weighted by molar-refractivity contribution is 4.90. The maximum atomic E-state index is 5.23. The Labute approximate surface area is 74.5 Å². The van der Waals surface area contributed by atoms with Crippen molar-refractivity contribution < 1.29 is 0 Å². The lowest BCUT2D eigenvalue weighted by molar-refractivity contribution is 0.211. The van der Waals surface area contributed by atoms with Crippen LogP contribution in [0.3, 0.4) is 0 Å². The third-order valence-corrected chi connectivity index (χ3v) is 2.25. The smallest absolute Gasteiger partial charge is 0.0598 e. The predicted octanol–water partition coefficient (Wildman–Crippen LogP) is -0.192. The van der Waals surface area contributed by atoms with E-state index in [4.69, 9.17) is 6.42 Å². The number of terminal acetylenes is 1. The molecule has 3 heteroatoms. The van der Waals surface area contributed by atoms with Crippen LogP contribution in [-0.4, -0.2) is 37.6 Å². The summed E-state index contributed by atoms with van der Waals surface area (Å²) >= 11 is 0. The molecular weight excluding hydrogens is 150 g/mol. The van der Waals surface area contributed by atoms with E-state index in [0.29, 0.717) is 6.04 Å². The van der Waals surface area contributed by atoms with Crippen LogP contribution in [0.5, 0.6) is 0 Å². The van der Waals surface area contributed by atoms with Crippen LogP contribution in [0.4, 0.5) is 0 Å². The summed E-state index contributed by atoms with van der Waals surface area (Å²) in [5.41, 5.74) is 6.19. The lowest BCUT2D eigenvalue weighted by Gasteiger charge is -2.30. The van der Waals surface area contributed by atoms with E-state index in [2.05, 4.69) is 21.7 Å². The lowest BCUT2D eigenvalue weighted by Crippen LogP contribution is -2.46. The minimum Gasteiger partial charge on any atom is -0.292 e. The van der Waals surface area contributed by atoms with Crippen LogP contribution in [0.2, 0.25) is 0 Å². The number of likely N-dealkylation sites (tertiary alicyclic amines) is 1. The summed E-state index contributed by atoms with van der Waals surface area (Å²) < 4.78 is 0. The molecule has 12 heavy (non-hydrogen) atoms. The number of hydrogen-bond acceptors (Lipinski definition) is 3. The molecule has 0 unspecified atom stereocenters. The van der Waals surface area contributed by atoms with Gasteiger partial charge in [0.25, 0.3) is 0 Å². The first-order chi connectivity index (χ1) is 5.86. The van der Waals surface area contributed by atoms with Gasteiger partial charge in [-0.15, -0.1) is 6.42 Å². The van der Waals surface area contributed by atoms with E-state index >= 15 is 0 Å². The van der Waals surface area contributed by atoms with E-state index in [0.717, 1.165) is 19.6 Å². The minimum atomic E-state index is 0.615. The van der Waals surface area contributed by atoms with Gasteiger partial charge in [0.05, 0.1) is 6.54 Å². The van der Waals surface area contributed by atoms with E-state index in [1.165, 1.54) is 12.8 Å². The molecule has 0 aromatic rings. The number of hydrazine groups is 1. The second-order valence-corrected chi connectivity index (χ2v) is 3.15. The molecule has 1 fully saturated rings. The van der Waals surface area contributed by atoms with Gasteiger partial charge in [0.2, 0.25) is 0 Å². The molecule has 2 N–H and O–H groups in total. The van der Waals surface area contributed by atoms with Crippen LogP contribution in [0.25, 0.3) is 0 Å². The van der Waals surface area contributed by atoms with E-state index < -0.39 is 0 Å². The molecule has 0 amide bonds. The molecule has 0 spiro atoms. The normalized spacial score (nSPS) is 20.7. The second-order valence-electron chi connectivity index (χ2n) is 3.15. The van der Waals surface area contributed by atoms with Crippen molar-refractivity contribution in [3.8, 4) is 12.3 Å². The Bertz CT molecular complexity index is 154. The highest BCUT2D eigenvalue weighted by atomic mass is 15.4. The molecule has 68 valence electrons. The van der Waals surface area contributed by atoms with E-state index in [-0.39, 0.29) is 0 Å². The van der Waals surface area contributed by atoms with Crippen LogP contribution in [-0.2, 0) is 0 Å². The Balaban J connectivity index is 2.16. The zero-order valence-corrected chi connectivity index (χ0v) is 7.64. The Kier molecular flexibility index (Phi) is 4.09. The van der Waals surface area contributed by atoms with Crippen molar-refractivity contribution in [2.75, 3.05) is 26.7 Å². The lowest BCUT2D eigenvalue weighted by atomic mass is 10.1. The molecule has 0 aromatic heterocycles. The number of rotatable bonds is 3. The van der Waals surface area contributed by atoms with Gasteiger partial charge < -0.3 is 0 Å². The molecule has 1 aliphatic heterocycles. The maximum absolute atomic E-state index is 5.23. The SMILES string of the molecule is C#CCN1CCC(NNC)CC1. The summed E-state index contributed by atoms with van der Waals surface area (Å²) in [4.78, 5) is 2.31. The van der Waals surface area contributed by atoms with Crippen molar-refractivity contribution in [3.05, 3.63) is 0 Å². The van der Waals surface area contributed by atoms with Crippen molar-refractivity contribution in [1.82, 2.24) is 15.8 Å². The molecule has 0 aromatic carbocycles. The Morgan fingerprint density at radius 1 is 1.50 bits per heavy atom. The molecule has 0 saturated carbocycles. The van der Waals surface area contributed by atoms with Gasteiger partial charge in [-0.1, -0.05) is 5.92 Å². The quantitative estimate of drug-likeness (QED) is 0.450. The molecule has 1 heterocycles. The summed E-state index contributed by atoms with van der Waals surface area (Å²) in [5, 5.41) is 0. The van der Waals surface area contributed by atoms with Crippen molar-refractivity contribution in [1.29, 1.82) is 0 Å². The van der Waals surface area contributed by atoms with Gasteiger partial charge in [0, 0.05) is 19.1 Å². The van der Waals surface area contributed by atoms with Crippen LogP contribution in [0, 0.1) is 12.3 Å². The highest BCUT2D eigenvalue weighted by Gasteiger charge is 2.16. The first-order valence-corrected chi connectivity index (χ1v) is 4.45. The molecule has 1 saturated heterocycles. The molecular formula is C9H17N3. The van der Waals surface area contributed by atoms with Crippen molar-refractivity contribution in [3.63, 3.8) is 0 Å². The maximum Gasteiger partial charge on any atom is 0.0598 e. The zero-order chi connectivity index (χ0) is 8.81. The third kappa shape index (κ3) is 2.82. The zero-order valence-electron chi connectivity index (χ0n) is 7.64. The van der Waals surface area contributed by atoms with E-state index in [1.807, 2.05) is 7.05 Å². The standard InChI is InChI=1S/C9H17N3/c1-3-6-12-7-4-9(5-8-12)11-10-2/h1,9-11H,4-8H2,2H3. The molecule has 0 aliphatic carbocycles. The predicted molar refractivity (Wildman–Crippen MR) is 50.5 cm³/mol. The average Bonchev–Trinajstić information content (AvgIpc) is 2.09. The summed E-state index contributed by atoms with van der Waals surface area (Å²) in [6.45, 7) is 3.03. The first-order valence-electron chi connectivity index (χ1n) is 4.45. The number of hydrogen-bond donors (Lipinski definition) is 2. The van der Waals surface area contributed by atoms with Crippen LogP contribution < -0.4 is 10.9 Å². The van der Waals surface area contributed by atoms with Gasteiger partial charge in [0.15, 0.2) is 0 Å². The van der Waals surface area contributed by atoms with Gasteiger partial charge in [-0.05, 0) is 19.9 Å². The van der Waals surface area contributed by atoms with Gasteiger partial charge in [-0.2, -0.15) is 0 Å². The minimum absolute atomic E-state index is 0.615. The Morgan fingerprint density at radius 3 is 2.67 bits per heavy atom. The summed E-state index contributed by atoms with van der Waals surface area (Å²) in [5.74, 6) is 2.67. The molecule has 3 nitrogen and oxygen atoms in total. The van der Waals surface area contributed by atoms with Crippen molar-refractivity contribution >= 4 is 0 Å². The van der Waals surface area contributed by atoms with E-state index in [9.17, 15) is 0 Å². The van der Waals surface area contributed by atoms with Crippen LogP contribution >= 0.6 is 0 Å². The number of nitrogens with zero attached hydrogens (tertiary/aromatic N) is 1. The summed E-state index contributed by atoms with van der Waals surface area (Å²) in [7, 11) is 1.91. The van der Waals surface area contributed by atoms with Gasteiger partial charge >= 0.3 is 0 Å². The van der Waals surface area contributed by atoms with E-state index in [1.54, 1.807) is 0 Å². The Hall–Kier alpha value is -0.560. The third-order valence-electron chi connectivity index (χ3n) is 2.25. The fourth-order valence-electron chi connectivity index (χ4n) is 1.57. The Morgan fingerprint density at radius 2 is 2.17 bits per heavy atom. The van der Waals surface area contributed by atoms with Crippen LogP contribution in [0.1, 0.15) is 12.8 Å². The number of nitrogens with one attached hydrogen (secondary N) is 2. The summed E-state index contributed by atoms with van der Waals surface area (Å²) in [6.07, 6.45) is 7.60. The second kappa shape index (κ2) is 5.15. The first kappa shape index (κ1) is 9.53. The fourth-order valence-corrected chi connectivity index (χ4v) is 1.57.